The van der Waals surface area contributed by atoms with Gasteiger partial charge in [-0.2, -0.15) is 13.1 Å². The number of sulfonamides is 1. The molecule has 0 saturated carbocycles. The minimum absolute atomic E-state index is 0.0930. The molecule has 6 nitrogen and oxygen atoms in total. The molecule has 2 aliphatic heterocycles. The maximum absolute atomic E-state index is 13.3. The van der Waals surface area contributed by atoms with Crippen LogP contribution in [0, 0.1) is 0 Å². The third kappa shape index (κ3) is 4.76. The van der Waals surface area contributed by atoms with Crippen LogP contribution in [0.25, 0.3) is 6.08 Å². The van der Waals surface area contributed by atoms with Crippen molar-refractivity contribution < 1.29 is 26.7 Å². The van der Waals surface area contributed by atoms with Gasteiger partial charge < -0.3 is 9.47 Å². The molecule has 2 heterocycles. The highest BCUT2D eigenvalue weighted by Gasteiger charge is 2.31. The number of hydrogen-bond acceptors (Lipinski definition) is 5. The standard InChI is InChI=1S/C24H26F2N2O4S/c25-24(26)32-21-4-2-19-15-22(5-3-18(19)14-21)33(29,30)28-10-8-27(9-11-28)16-17-1-6-23-20(13-17)7-12-31-23/h1-2,4,6,13-15,24H,3,5,7-12,16H2. The zero-order valence-electron chi connectivity index (χ0n) is 18.2. The maximum atomic E-state index is 13.3. The predicted molar refractivity (Wildman–Crippen MR) is 121 cm³/mol. The molecule has 0 atom stereocenters. The molecule has 33 heavy (non-hydrogen) atoms. The van der Waals surface area contributed by atoms with E-state index >= 15 is 0 Å². The predicted octanol–water partition coefficient (Wildman–Crippen LogP) is 3.66. The Hall–Kier alpha value is -2.49. The first kappa shape index (κ1) is 22.3. The number of halogens is 2. The van der Waals surface area contributed by atoms with Crippen molar-refractivity contribution in [3.63, 3.8) is 0 Å². The molecule has 0 radical (unpaired) electrons. The van der Waals surface area contributed by atoms with E-state index in [4.69, 9.17) is 4.74 Å². The second-order valence-electron chi connectivity index (χ2n) is 8.57. The summed E-state index contributed by atoms with van der Waals surface area (Å²) in [6.45, 7) is 0.883. The Kier molecular flexibility index (Phi) is 6.11. The van der Waals surface area contributed by atoms with Crippen LogP contribution in [0.15, 0.2) is 41.3 Å². The number of aryl methyl sites for hydroxylation is 1. The van der Waals surface area contributed by atoms with Gasteiger partial charge in [-0.05, 0) is 59.4 Å². The van der Waals surface area contributed by atoms with E-state index in [1.54, 1.807) is 22.5 Å². The van der Waals surface area contributed by atoms with Crippen LogP contribution in [0.3, 0.4) is 0 Å². The van der Waals surface area contributed by atoms with E-state index < -0.39 is 16.6 Å². The highest BCUT2D eigenvalue weighted by atomic mass is 32.2. The first-order chi connectivity index (χ1) is 15.9. The van der Waals surface area contributed by atoms with E-state index in [1.807, 2.05) is 6.07 Å². The van der Waals surface area contributed by atoms with Gasteiger partial charge in [-0.15, -0.1) is 0 Å². The second kappa shape index (κ2) is 9.04. The van der Waals surface area contributed by atoms with Crippen LogP contribution < -0.4 is 9.47 Å². The number of hydrogen-bond donors (Lipinski definition) is 0. The lowest BCUT2D eigenvalue weighted by molar-refractivity contribution is -0.0498. The SMILES string of the molecule is O=S(=O)(C1=Cc2ccc(OC(F)F)cc2CC1)N1CCN(Cc2ccc3c(c2)CCO3)CC1. The number of benzene rings is 2. The fraction of sp³-hybridized carbons (Fsp3) is 0.417. The topological polar surface area (TPSA) is 59.1 Å². The molecule has 9 heteroatoms. The lowest BCUT2D eigenvalue weighted by Crippen LogP contribution is -2.48. The molecule has 1 fully saturated rings. The summed E-state index contributed by atoms with van der Waals surface area (Å²) in [5.74, 6) is 1.06. The van der Waals surface area contributed by atoms with Crippen LogP contribution in [0.1, 0.15) is 28.7 Å². The van der Waals surface area contributed by atoms with Crippen LogP contribution in [0.4, 0.5) is 8.78 Å². The van der Waals surface area contributed by atoms with E-state index in [0.717, 1.165) is 36.4 Å². The van der Waals surface area contributed by atoms with Crippen LogP contribution in [0.2, 0.25) is 0 Å². The molecule has 0 unspecified atom stereocenters. The minimum Gasteiger partial charge on any atom is -0.493 e. The van der Waals surface area contributed by atoms with Crippen molar-refractivity contribution in [3.8, 4) is 11.5 Å². The highest BCUT2D eigenvalue weighted by Crippen LogP contribution is 2.32. The lowest BCUT2D eigenvalue weighted by atomic mass is 9.97. The third-order valence-corrected chi connectivity index (χ3v) is 8.49. The van der Waals surface area contributed by atoms with Crippen LogP contribution in [-0.4, -0.2) is 57.0 Å². The highest BCUT2D eigenvalue weighted by molar-refractivity contribution is 7.93. The number of allylic oxidation sites excluding steroid dienone is 1. The third-order valence-electron chi connectivity index (χ3n) is 6.46. The first-order valence-electron chi connectivity index (χ1n) is 11.1. The Morgan fingerprint density at radius 1 is 0.970 bits per heavy atom. The van der Waals surface area contributed by atoms with Crippen LogP contribution in [-0.2, 0) is 29.4 Å². The van der Waals surface area contributed by atoms with Crippen molar-refractivity contribution in [2.45, 2.75) is 32.4 Å². The number of piperazine rings is 1. The van der Waals surface area contributed by atoms with Crippen molar-refractivity contribution in [1.82, 2.24) is 9.21 Å². The second-order valence-corrected chi connectivity index (χ2v) is 10.6. The molecule has 1 saturated heterocycles. The summed E-state index contributed by atoms with van der Waals surface area (Å²) in [4.78, 5) is 2.66. The first-order valence-corrected chi connectivity index (χ1v) is 12.6. The van der Waals surface area contributed by atoms with Gasteiger partial charge in [-0.1, -0.05) is 18.2 Å². The van der Waals surface area contributed by atoms with Crippen molar-refractivity contribution >= 4 is 16.1 Å². The monoisotopic (exact) mass is 476 g/mol. The average molecular weight is 477 g/mol. The normalized spacial score (nSPS) is 19.1. The van der Waals surface area contributed by atoms with Gasteiger partial charge in [0.05, 0.1) is 11.5 Å². The molecule has 0 bridgehead atoms. The van der Waals surface area contributed by atoms with Gasteiger partial charge in [0.25, 0.3) is 0 Å². The number of rotatable bonds is 6. The van der Waals surface area contributed by atoms with Gasteiger partial charge in [0.1, 0.15) is 11.5 Å². The van der Waals surface area contributed by atoms with Crippen LogP contribution >= 0.6 is 0 Å². The minimum atomic E-state index is -3.56. The number of alkyl halides is 2. The summed E-state index contributed by atoms with van der Waals surface area (Å²) in [5.41, 5.74) is 4.01. The molecule has 0 amide bonds. The Morgan fingerprint density at radius 2 is 1.79 bits per heavy atom. The van der Waals surface area contributed by atoms with Crippen molar-refractivity contribution in [2.24, 2.45) is 0 Å². The van der Waals surface area contributed by atoms with E-state index in [0.29, 0.717) is 43.9 Å². The van der Waals surface area contributed by atoms with Crippen molar-refractivity contribution in [2.75, 3.05) is 32.8 Å². The van der Waals surface area contributed by atoms with Crippen LogP contribution in [0.5, 0.6) is 11.5 Å². The van der Waals surface area contributed by atoms with Crippen molar-refractivity contribution in [1.29, 1.82) is 0 Å². The summed E-state index contributed by atoms with van der Waals surface area (Å²) < 4.78 is 63.0. The zero-order valence-corrected chi connectivity index (χ0v) is 19.0. The lowest BCUT2D eigenvalue weighted by Gasteiger charge is -2.35. The average Bonchev–Trinajstić information content (AvgIpc) is 3.26. The van der Waals surface area contributed by atoms with E-state index in [-0.39, 0.29) is 5.75 Å². The number of nitrogens with zero attached hydrogens (tertiary/aromatic N) is 2. The Morgan fingerprint density at radius 3 is 2.58 bits per heavy atom. The van der Waals surface area contributed by atoms with Gasteiger partial charge >= 0.3 is 6.61 Å². The molecule has 2 aromatic carbocycles. The summed E-state index contributed by atoms with van der Waals surface area (Å²) in [5, 5.41) is 0. The quantitative estimate of drug-likeness (QED) is 0.637. The summed E-state index contributed by atoms with van der Waals surface area (Å²) in [6.07, 6.45) is 3.43. The van der Waals surface area contributed by atoms with Gasteiger partial charge in [0.15, 0.2) is 0 Å². The zero-order chi connectivity index (χ0) is 23.0. The fourth-order valence-electron chi connectivity index (χ4n) is 4.71. The molecule has 0 spiro atoms. The molecule has 0 aromatic heterocycles. The van der Waals surface area contributed by atoms with Gasteiger partial charge in [0.2, 0.25) is 10.0 Å². The Bertz CT molecular complexity index is 1170. The molecule has 0 N–H and O–H groups in total. The van der Waals surface area contributed by atoms with E-state index in [2.05, 4.69) is 21.8 Å². The van der Waals surface area contributed by atoms with Crippen molar-refractivity contribution in [3.05, 3.63) is 63.6 Å². The Balaban J connectivity index is 1.22. The van der Waals surface area contributed by atoms with Gasteiger partial charge in [-0.25, -0.2) is 8.42 Å². The smallest absolute Gasteiger partial charge is 0.387 e. The maximum Gasteiger partial charge on any atom is 0.387 e. The molecule has 1 aliphatic carbocycles. The summed E-state index contributed by atoms with van der Waals surface area (Å²) >= 11 is 0. The fourth-order valence-corrected chi connectivity index (χ4v) is 6.32. The van der Waals surface area contributed by atoms with Gasteiger partial charge in [0, 0.05) is 39.1 Å². The molecule has 176 valence electrons. The summed E-state index contributed by atoms with van der Waals surface area (Å²) in [6, 6.07) is 10.9. The molecular formula is C24H26F2N2O4S. The van der Waals surface area contributed by atoms with E-state index in [1.165, 1.54) is 17.2 Å². The largest absolute Gasteiger partial charge is 0.493 e. The molecular weight excluding hydrogens is 450 g/mol. The number of ether oxygens (including phenoxy) is 2. The Labute approximate surface area is 192 Å². The molecule has 3 aliphatic rings. The van der Waals surface area contributed by atoms with E-state index in [9.17, 15) is 17.2 Å². The molecule has 5 rings (SSSR count). The molecule has 2 aromatic rings. The van der Waals surface area contributed by atoms with Gasteiger partial charge in [-0.3, -0.25) is 4.90 Å². The summed E-state index contributed by atoms with van der Waals surface area (Å²) in [7, 11) is -3.56. The number of fused-ring (bicyclic) bond motifs is 2.